The van der Waals surface area contributed by atoms with Crippen molar-refractivity contribution in [1.82, 2.24) is 14.6 Å². The Hall–Kier alpha value is -3.84. The van der Waals surface area contributed by atoms with Crippen molar-refractivity contribution in [2.24, 2.45) is 0 Å². The first-order valence-electron chi connectivity index (χ1n) is 12.4. The van der Waals surface area contributed by atoms with Crippen molar-refractivity contribution in [2.75, 3.05) is 5.43 Å². The largest absolute Gasteiger partial charge is 0.361 e. The van der Waals surface area contributed by atoms with E-state index < -0.39 is 0 Å². The van der Waals surface area contributed by atoms with E-state index in [4.69, 9.17) is 4.98 Å². The van der Waals surface area contributed by atoms with E-state index in [-0.39, 0.29) is 23.3 Å². The Balaban J connectivity index is 1.36. The number of aryl methyl sites for hydroxylation is 1. The number of aromatic nitrogens is 3. The molecule has 0 bridgehead atoms. The molecule has 5 aromatic rings. The zero-order valence-corrected chi connectivity index (χ0v) is 22.1. The molecule has 0 saturated carbocycles. The molecule has 0 aliphatic heterocycles. The Morgan fingerprint density at radius 2 is 1.68 bits per heavy atom. The monoisotopic (exact) mass is 510 g/mol. The fourth-order valence-corrected chi connectivity index (χ4v) is 5.23. The normalized spacial score (nSPS) is 11.8. The maximum atomic E-state index is 13.3. The smallest absolute Gasteiger partial charge is 0.281 e. The summed E-state index contributed by atoms with van der Waals surface area (Å²) in [5.41, 5.74) is 7.74. The van der Waals surface area contributed by atoms with Gasteiger partial charge in [-0.2, -0.15) is 4.68 Å². The number of nitrogens with one attached hydrogen (secondary N) is 2. The first-order chi connectivity index (χ1) is 17.8. The van der Waals surface area contributed by atoms with Crippen molar-refractivity contribution in [3.05, 3.63) is 106 Å². The van der Waals surface area contributed by atoms with Crippen molar-refractivity contribution < 1.29 is 4.79 Å². The molecule has 0 unspecified atom stereocenters. The molecule has 0 saturated heterocycles. The van der Waals surface area contributed by atoms with Gasteiger partial charge in [0.2, 0.25) is 5.91 Å². The molecule has 3 aromatic carbocycles. The number of aromatic amines is 1. The van der Waals surface area contributed by atoms with E-state index in [0.717, 1.165) is 22.0 Å². The van der Waals surface area contributed by atoms with Crippen molar-refractivity contribution in [3.8, 4) is 0 Å². The number of H-pyrrole nitrogens is 1. The highest BCUT2D eigenvalue weighted by Gasteiger charge is 2.16. The zero-order chi connectivity index (χ0) is 26.0. The molecule has 7 heteroatoms. The van der Waals surface area contributed by atoms with Gasteiger partial charge >= 0.3 is 0 Å². The molecule has 2 heterocycles. The van der Waals surface area contributed by atoms with Gasteiger partial charge in [0.05, 0.1) is 10.9 Å². The summed E-state index contributed by atoms with van der Waals surface area (Å²) < 4.78 is 1.30. The maximum Gasteiger partial charge on any atom is 0.281 e. The highest BCUT2D eigenvalue weighted by molar-refractivity contribution is 7.98. The van der Waals surface area contributed by atoms with Gasteiger partial charge in [-0.25, -0.2) is 4.98 Å². The Morgan fingerprint density at radius 3 is 2.43 bits per heavy atom. The number of rotatable bonds is 7. The topological polar surface area (TPSA) is 79.8 Å². The maximum absolute atomic E-state index is 13.3. The molecule has 5 rings (SSSR count). The van der Waals surface area contributed by atoms with E-state index in [9.17, 15) is 9.59 Å². The highest BCUT2D eigenvalue weighted by atomic mass is 32.2. The summed E-state index contributed by atoms with van der Waals surface area (Å²) in [4.78, 5) is 34.3. The summed E-state index contributed by atoms with van der Waals surface area (Å²) in [6.45, 7) is 6.57. The van der Waals surface area contributed by atoms with Crippen molar-refractivity contribution in [2.45, 2.75) is 49.9 Å². The van der Waals surface area contributed by atoms with Gasteiger partial charge < -0.3 is 4.98 Å². The summed E-state index contributed by atoms with van der Waals surface area (Å²) in [6, 6.07) is 23.7. The Kier molecular flexibility index (Phi) is 6.89. The summed E-state index contributed by atoms with van der Waals surface area (Å²) in [6.07, 6.45) is 2.75. The van der Waals surface area contributed by atoms with Crippen LogP contribution in [-0.2, 0) is 22.4 Å². The summed E-state index contributed by atoms with van der Waals surface area (Å²) >= 11 is 1.43. The number of amides is 1. The van der Waals surface area contributed by atoms with Crippen LogP contribution < -0.4 is 11.0 Å². The third-order valence-corrected chi connectivity index (χ3v) is 7.48. The number of carbonyl (C=O) groups is 1. The minimum Gasteiger partial charge on any atom is -0.361 e. The van der Waals surface area contributed by atoms with Crippen LogP contribution in [-0.4, -0.2) is 20.6 Å². The molecule has 37 heavy (non-hydrogen) atoms. The van der Waals surface area contributed by atoms with Crippen LogP contribution in [0.25, 0.3) is 21.8 Å². The van der Waals surface area contributed by atoms with Gasteiger partial charge in [-0.15, -0.1) is 0 Å². The number of nitrogens with zero attached hydrogens (tertiary/aromatic N) is 2. The number of benzene rings is 3. The van der Waals surface area contributed by atoms with Crippen LogP contribution in [0, 0.1) is 0 Å². The molecule has 0 atom stereocenters. The lowest BCUT2D eigenvalue weighted by Crippen LogP contribution is -2.35. The van der Waals surface area contributed by atoms with Crippen LogP contribution >= 0.6 is 11.8 Å². The lowest BCUT2D eigenvalue weighted by atomic mass is 9.87. The van der Waals surface area contributed by atoms with Crippen LogP contribution in [0.3, 0.4) is 0 Å². The van der Waals surface area contributed by atoms with E-state index >= 15 is 0 Å². The molecular formula is C30H30N4O2S. The Morgan fingerprint density at radius 1 is 0.973 bits per heavy atom. The summed E-state index contributed by atoms with van der Waals surface area (Å²) in [5.74, 6) is 0.390. The average molecular weight is 511 g/mol. The molecular weight excluding hydrogens is 480 g/mol. The van der Waals surface area contributed by atoms with Gasteiger partial charge in [-0.3, -0.25) is 15.0 Å². The second kappa shape index (κ2) is 10.3. The average Bonchev–Trinajstić information content (AvgIpc) is 3.31. The lowest BCUT2D eigenvalue weighted by molar-refractivity contribution is -0.117. The SMILES string of the molecule is CC(C)(C)c1ccc(CSc2nc3ccccc3c(=O)n2NC(=O)CCc2c[nH]c3ccccc23)cc1. The molecule has 0 aliphatic rings. The van der Waals surface area contributed by atoms with E-state index in [1.807, 2.05) is 42.6 Å². The predicted molar refractivity (Wildman–Crippen MR) is 152 cm³/mol. The molecule has 0 radical (unpaired) electrons. The Bertz CT molecular complexity index is 1630. The van der Waals surface area contributed by atoms with Crippen LogP contribution in [0.2, 0.25) is 0 Å². The molecule has 0 aliphatic carbocycles. The van der Waals surface area contributed by atoms with Gasteiger partial charge in [0.25, 0.3) is 5.56 Å². The highest BCUT2D eigenvalue weighted by Crippen LogP contribution is 2.26. The number of hydrogen-bond donors (Lipinski definition) is 2. The van der Waals surface area contributed by atoms with Gasteiger partial charge in [0, 0.05) is 29.3 Å². The van der Waals surface area contributed by atoms with Crippen LogP contribution in [0.15, 0.2) is 88.9 Å². The summed E-state index contributed by atoms with van der Waals surface area (Å²) in [5, 5.41) is 2.04. The number of para-hydroxylation sites is 2. The third kappa shape index (κ3) is 5.47. The van der Waals surface area contributed by atoms with Crippen LogP contribution in [0.5, 0.6) is 0 Å². The molecule has 6 nitrogen and oxygen atoms in total. The fraction of sp³-hybridized carbons (Fsp3) is 0.233. The minimum atomic E-state index is -0.281. The van der Waals surface area contributed by atoms with E-state index in [0.29, 0.717) is 28.2 Å². The fourth-order valence-electron chi connectivity index (χ4n) is 4.32. The van der Waals surface area contributed by atoms with E-state index in [1.165, 1.54) is 22.0 Å². The third-order valence-electron chi connectivity index (χ3n) is 6.47. The van der Waals surface area contributed by atoms with Gasteiger partial charge in [-0.05, 0) is 46.7 Å². The van der Waals surface area contributed by atoms with Gasteiger partial charge in [0.15, 0.2) is 5.16 Å². The minimum absolute atomic E-state index is 0.0863. The zero-order valence-electron chi connectivity index (χ0n) is 21.2. The summed E-state index contributed by atoms with van der Waals surface area (Å²) in [7, 11) is 0. The van der Waals surface area contributed by atoms with Crippen molar-refractivity contribution in [3.63, 3.8) is 0 Å². The molecule has 2 aromatic heterocycles. The number of thioether (sulfide) groups is 1. The molecule has 1 amide bonds. The second-order valence-corrected chi connectivity index (χ2v) is 11.1. The lowest BCUT2D eigenvalue weighted by Gasteiger charge is -2.19. The molecule has 0 spiro atoms. The number of hydrogen-bond acceptors (Lipinski definition) is 4. The van der Waals surface area contributed by atoms with Gasteiger partial charge in [-0.1, -0.05) is 87.1 Å². The van der Waals surface area contributed by atoms with Crippen molar-refractivity contribution >= 4 is 39.5 Å². The van der Waals surface area contributed by atoms with Crippen molar-refractivity contribution in [1.29, 1.82) is 0 Å². The number of fused-ring (bicyclic) bond motifs is 2. The second-order valence-electron chi connectivity index (χ2n) is 10.2. The van der Waals surface area contributed by atoms with Crippen LogP contribution in [0.1, 0.15) is 43.9 Å². The molecule has 2 N–H and O–H groups in total. The van der Waals surface area contributed by atoms with E-state index in [1.54, 1.807) is 12.1 Å². The van der Waals surface area contributed by atoms with Crippen LogP contribution in [0.4, 0.5) is 0 Å². The first kappa shape index (κ1) is 24.8. The van der Waals surface area contributed by atoms with E-state index in [2.05, 4.69) is 55.4 Å². The molecule has 0 fully saturated rings. The number of carbonyl (C=O) groups excluding carboxylic acids is 1. The molecule has 188 valence electrons. The predicted octanol–water partition coefficient (Wildman–Crippen LogP) is 6.17. The standard InChI is InChI=1S/C30H30N4O2S/c1-30(2,3)22-15-12-20(13-16-22)19-37-29-32-26-11-7-5-9-24(26)28(36)34(29)33-27(35)17-14-21-18-31-25-10-6-4-8-23(21)25/h4-13,15-16,18,31H,14,17,19H2,1-3H3,(H,33,35). The Labute approximate surface area is 220 Å². The first-order valence-corrected chi connectivity index (χ1v) is 13.4. The van der Waals surface area contributed by atoms with Gasteiger partial charge in [0.1, 0.15) is 0 Å². The quantitative estimate of drug-likeness (QED) is 0.203.